The zero-order valence-electron chi connectivity index (χ0n) is 7.36. The Kier molecular flexibility index (Phi) is 4.52. The van der Waals surface area contributed by atoms with E-state index in [0.29, 0.717) is 12.4 Å². The number of hydrogen-bond donors (Lipinski definition) is 2. The highest BCUT2D eigenvalue weighted by atomic mass is 32.2. The first kappa shape index (κ1) is 10.2. The lowest BCUT2D eigenvalue weighted by Crippen LogP contribution is -2.08. The van der Waals surface area contributed by atoms with Crippen LogP contribution in [0.15, 0.2) is 17.4 Å². The zero-order chi connectivity index (χ0) is 9.52. The van der Waals surface area contributed by atoms with Gasteiger partial charge in [0.15, 0.2) is 0 Å². The molecule has 0 saturated carbocycles. The molecule has 3 N–H and O–H groups in total. The molecule has 6 heteroatoms. The Labute approximate surface area is 81.1 Å². The third-order valence-electron chi connectivity index (χ3n) is 1.33. The van der Waals surface area contributed by atoms with E-state index in [-0.39, 0.29) is 0 Å². The Bertz CT molecular complexity index is 258. The van der Waals surface area contributed by atoms with Crippen molar-refractivity contribution in [1.29, 1.82) is 0 Å². The van der Waals surface area contributed by atoms with Crippen LogP contribution in [0.5, 0.6) is 0 Å². The van der Waals surface area contributed by atoms with Crippen molar-refractivity contribution in [2.45, 2.75) is 5.03 Å². The number of aromatic nitrogens is 2. The van der Waals surface area contributed by atoms with Crippen molar-refractivity contribution in [3.8, 4) is 0 Å². The summed E-state index contributed by atoms with van der Waals surface area (Å²) >= 11 is 1.60. The fourth-order valence-electron chi connectivity index (χ4n) is 0.727. The molecule has 1 heterocycles. The number of rotatable bonds is 5. The first-order valence-corrected chi connectivity index (χ1v) is 4.75. The van der Waals surface area contributed by atoms with Crippen LogP contribution in [0.3, 0.4) is 0 Å². The summed E-state index contributed by atoms with van der Waals surface area (Å²) in [6.07, 6.45) is 1.48. The average Bonchev–Trinajstić information content (AvgIpc) is 2.19. The van der Waals surface area contributed by atoms with Crippen LogP contribution in [0.4, 0.5) is 5.82 Å². The summed E-state index contributed by atoms with van der Waals surface area (Å²) < 4.78 is 4.92. The number of methoxy groups -OCH3 is 1. The summed E-state index contributed by atoms with van der Waals surface area (Å²) in [5.74, 6) is 6.69. The molecule has 0 saturated heterocycles. The van der Waals surface area contributed by atoms with Crippen LogP contribution >= 0.6 is 11.8 Å². The quantitative estimate of drug-likeness (QED) is 0.237. The largest absolute Gasteiger partial charge is 0.384 e. The summed E-state index contributed by atoms with van der Waals surface area (Å²) in [5, 5.41) is 0.889. The van der Waals surface area contributed by atoms with Gasteiger partial charge >= 0.3 is 0 Å². The molecule has 0 bridgehead atoms. The number of nitrogens with two attached hydrogens (primary N) is 1. The Balaban J connectivity index is 2.46. The molecule has 0 aliphatic heterocycles. The van der Waals surface area contributed by atoms with E-state index in [9.17, 15) is 0 Å². The van der Waals surface area contributed by atoms with Crippen molar-refractivity contribution < 1.29 is 4.74 Å². The van der Waals surface area contributed by atoms with Gasteiger partial charge in [-0.25, -0.2) is 15.8 Å². The Morgan fingerprint density at radius 1 is 1.62 bits per heavy atom. The van der Waals surface area contributed by atoms with Gasteiger partial charge in [0.1, 0.15) is 17.2 Å². The van der Waals surface area contributed by atoms with Crippen LogP contribution in [-0.4, -0.2) is 29.4 Å². The average molecular weight is 200 g/mol. The highest BCUT2D eigenvalue weighted by Crippen LogP contribution is 2.15. The molecular formula is C7H12N4OS. The van der Waals surface area contributed by atoms with E-state index < -0.39 is 0 Å². The van der Waals surface area contributed by atoms with E-state index in [0.717, 1.165) is 10.8 Å². The molecule has 72 valence electrons. The minimum Gasteiger partial charge on any atom is -0.384 e. The molecular weight excluding hydrogens is 188 g/mol. The van der Waals surface area contributed by atoms with Gasteiger partial charge in [0, 0.05) is 18.9 Å². The number of thioether (sulfide) groups is 1. The number of ether oxygens (including phenoxy) is 1. The van der Waals surface area contributed by atoms with Crippen molar-refractivity contribution in [2.24, 2.45) is 5.84 Å². The predicted octanol–water partition coefficient (Wildman–Crippen LogP) is 0.501. The maximum atomic E-state index is 5.20. The molecule has 0 spiro atoms. The Morgan fingerprint density at radius 2 is 2.46 bits per heavy atom. The van der Waals surface area contributed by atoms with E-state index in [2.05, 4.69) is 15.4 Å². The lowest BCUT2D eigenvalue weighted by Gasteiger charge is -2.01. The van der Waals surface area contributed by atoms with Crippen molar-refractivity contribution in [1.82, 2.24) is 9.97 Å². The Morgan fingerprint density at radius 3 is 3.15 bits per heavy atom. The van der Waals surface area contributed by atoms with Crippen molar-refractivity contribution in [2.75, 3.05) is 24.9 Å². The summed E-state index contributed by atoms with van der Waals surface area (Å²) in [6.45, 7) is 0.708. The lowest BCUT2D eigenvalue weighted by molar-refractivity contribution is 0.218. The van der Waals surface area contributed by atoms with E-state index in [1.165, 1.54) is 6.33 Å². The monoisotopic (exact) mass is 200 g/mol. The van der Waals surface area contributed by atoms with Gasteiger partial charge in [-0.05, 0) is 0 Å². The first-order valence-electron chi connectivity index (χ1n) is 3.77. The van der Waals surface area contributed by atoms with E-state index in [1.54, 1.807) is 24.9 Å². The second-order valence-electron chi connectivity index (χ2n) is 2.23. The second kappa shape index (κ2) is 5.74. The molecule has 0 fully saturated rings. The van der Waals surface area contributed by atoms with Gasteiger partial charge in [0.05, 0.1) is 6.61 Å². The van der Waals surface area contributed by atoms with Gasteiger partial charge in [0.2, 0.25) is 0 Å². The molecule has 5 nitrogen and oxygen atoms in total. The highest BCUT2D eigenvalue weighted by molar-refractivity contribution is 7.99. The smallest absolute Gasteiger partial charge is 0.144 e. The van der Waals surface area contributed by atoms with Crippen LogP contribution in [0.25, 0.3) is 0 Å². The van der Waals surface area contributed by atoms with Crippen molar-refractivity contribution >= 4 is 17.6 Å². The van der Waals surface area contributed by atoms with E-state index >= 15 is 0 Å². The molecule has 1 aromatic heterocycles. The number of hydrogen-bond acceptors (Lipinski definition) is 6. The maximum Gasteiger partial charge on any atom is 0.144 e. The summed E-state index contributed by atoms with van der Waals surface area (Å²) in [5.41, 5.74) is 2.46. The highest BCUT2D eigenvalue weighted by Gasteiger charge is 1.97. The fourth-order valence-corrected chi connectivity index (χ4v) is 1.50. The lowest BCUT2D eigenvalue weighted by atomic mass is 10.6. The number of nitrogen functional groups attached to an aromatic ring is 1. The van der Waals surface area contributed by atoms with Gasteiger partial charge in [-0.2, -0.15) is 0 Å². The fraction of sp³-hybridized carbons (Fsp3) is 0.429. The van der Waals surface area contributed by atoms with Crippen LogP contribution < -0.4 is 11.3 Å². The number of hydrazine groups is 1. The summed E-state index contributed by atoms with van der Waals surface area (Å²) in [6, 6.07) is 1.79. The van der Waals surface area contributed by atoms with Crippen LogP contribution in [0.1, 0.15) is 0 Å². The minimum atomic E-state index is 0.620. The van der Waals surface area contributed by atoms with Crippen LogP contribution in [0.2, 0.25) is 0 Å². The Hall–Kier alpha value is -0.850. The zero-order valence-corrected chi connectivity index (χ0v) is 8.17. The van der Waals surface area contributed by atoms with Gasteiger partial charge in [0.25, 0.3) is 0 Å². The molecule has 0 aromatic carbocycles. The van der Waals surface area contributed by atoms with Crippen molar-refractivity contribution in [3.05, 3.63) is 12.4 Å². The second-order valence-corrected chi connectivity index (χ2v) is 3.34. The minimum absolute atomic E-state index is 0.620. The summed E-state index contributed by atoms with van der Waals surface area (Å²) in [7, 11) is 1.67. The molecule has 13 heavy (non-hydrogen) atoms. The standard InChI is InChI=1S/C7H12N4OS/c1-12-2-3-13-7-4-6(11-8)9-5-10-7/h4-5H,2-3,8H2,1H3,(H,9,10,11). The van der Waals surface area contributed by atoms with Gasteiger partial charge in [-0.15, -0.1) is 11.8 Å². The van der Waals surface area contributed by atoms with E-state index in [4.69, 9.17) is 10.6 Å². The molecule has 1 aromatic rings. The third kappa shape index (κ3) is 3.58. The number of nitrogens with one attached hydrogen (secondary N) is 1. The maximum absolute atomic E-state index is 5.20. The molecule has 0 aliphatic carbocycles. The van der Waals surface area contributed by atoms with Gasteiger partial charge in [-0.3, -0.25) is 0 Å². The van der Waals surface area contributed by atoms with Crippen LogP contribution in [0, 0.1) is 0 Å². The van der Waals surface area contributed by atoms with Gasteiger partial charge in [-0.1, -0.05) is 0 Å². The molecule has 0 aliphatic rings. The van der Waals surface area contributed by atoms with Crippen molar-refractivity contribution in [3.63, 3.8) is 0 Å². The topological polar surface area (TPSA) is 73.1 Å². The third-order valence-corrected chi connectivity index (χ3v) is 2.22. The van der Waals surface area contributed by atoms with E-state index in [1.807, 2.05) is 0 Å². The molecule has 0 amide bonds. The normalized spacial score (nSPS) is 10.0. The number of nitrogens with zero attached hydrogens (tertiary/aromatic N) is 2. The SMILES string of the molecule is COCCSc1cc(NN)ncn1. The molecule has 0 radical (unpaired) electrons. The first-order chi connectivity index (χ1) is 6.36. The van der Waals surface area contributed by atoms with Gasteiger partial charge < -0.3 is 10.2 Å². The molecule has 0 unspecified atom stereocenters. The molecule has 1 rings (SSSR count). The number of anilines is 1. The summed E-state index contributed by atoms with van der Waals surface area (Å²) in [4.78, 5) is 7.95. The molecule has 0 atom stereocenters. The van der Waals surface area contributed by atoms with Crippen LogP contribution in [-0.2, 0) is 4.74 Å². The predicted molar refractivity (Wildman–Crippen MR) is 52.4 cm³/mol.